The largest absolute Gasteiger partial charge is 0.395 e. The van der Waals surface area contributed by atoms with Crippen LogP contribution < -0.4 is 0 Å². The Morgan fingerprint density at radius 2 is 1.52 bits per heavy atom. The lowest BCUT2D eigenvalue weighted by Crippen LogP contribution is -2.34. The number of thioether (sulfide) groups is 1. The normalized spacial score (nSPS) is 31.8. The quantitative estimate of drug-likeness (QED) is 0.359. The number of hydrogen-bond acceptors (Lipinski definition) is 1. The summed E-state index contributed by atoms with van der Waals surface area (Å²) in [5.74, 6) is -3.54. The molecule has 0 nitrogen and oxygen atoms in total. The molecule has 2 aliphatic carbocycles. The van der Waals surface area contributed by atoms with Gasteiger partial charge in [-0.3, -0.25) is 0 Å². The molecule has 0 saturated carbocycles. The summed E-state index contributed by atoms with van der Waals surface area (Å²) in [6, 6.07) is 0. The van der Waals surface area contributed by atoms with Crippen LogP contribution in [0.3, 0.4) is 0 Å². The van der Waals surface area contributed by atoms with Crippen LogP contribution in [0.4, 0.5) is 26.3 Å². The Labute approximate surface area is 149 Å². The third-order valence-electron chi connectivity index (χ3n) is 4.99. The number of alkyl halides is 6. The van der Waals surface area contributed by atoms with Crippen molar-refractivity contribution in [3.63, 3.8) is 0 Å². The summed E-state index contributed by atoms with van der Waals surface area (Å²) in [6.07, 6.45) is -3.77. The average Bonchev–Trinajstić information content (AvgIpc) is 2.44. The summed E-state index contributed by atoms with van der Waals surface area (Å²) in [5.41, 5.74) is 0.110. The Morgan fingerprint density at radius 3 is 1.96 bits per heavy atom. The van der Waals surface area contributed by atoms with Gasteiger partial charge < -0.3 is 0 Å². The van der Waals surface area contributed by atoms with Crippen LogP contribution in [0.15, 0.2) is 23.1 Å². The molecule has 0 fully saturated rings. The van der Waals surface area contributed by atoms with Gasteiger partial charge in [0.25, 0.3) is 0 Å². The number of allylic oxidation sites excluding steroid dienone is 3. The summed E-state index contributed by atoms with van der Waals surface area (Å²) >= 11 is 1.17. The van der Waals surface area contributed by atoms with E-state index in [0.29, 0.717) is 5.92 Å². The lowest BCUT2D eigenvalue weighted by molar-refractivity contribution is -0.204. The summed E-state index contributed by atoms with van der Waals surface area (Å²) in [7, 11) is 0. The summed E-state index contributed by atoms with van der Waals surface area (Å²) < 4.78 is 78.1. The van der Waals surface area contributed by atoms with Gasteiger partial charge in [-0.25, -0.2) is 0 Å². The van der Waals surface area contributed by atoms with E-state index in [1.165, 1.54) is 11.8 Å². The SMILES string of the molecule is CC(C)(C)[C@@H]1C=CC(SC2=CC(C(F)(F)F)C[C@H](C(F)(F)F)C2)CC1. The maximum absolute atomic E-state index is 13.0. The van der Waals surface area contributed by atoms with Crippen molar-refractivity contribution in [2.24, 2.45) is 23.2 Å². The second kappa shape index (κ2) is 7.20. The third kappa shape index (κ3) is 5.69. The van der Waals surface area contributed by atoms with Crippen molar-refractivity contribution >= 4 is 11.8 Å². The van der Waals surface area contributed by atoms with Crippen molar-refractivity contribution in [3.8, 4) is 0 Å². The summed E-state index contributed by atoms with van der Waals surface area (Å²) in [5, 5.41) is -0.0503. The first-order valence-corrected chi connectivity index (χ1v) is 9.34. The topological polar surface area (TPSA) is 0 Å². The van der Waals surface area contributed by atoms with E-state index in [1.807, 2.05) is 6.08 Å². The van der Waals surface area contributed by atoms with Crippen molar-refractivity contribution in [3.05, 3.63) is 23.1 Å². The average molecular weight is 386 g/mol. The minimum absolute atomic E-state index is 0.0503. The molecule has 0 N–H and O–H groups in total. The van der Waals surface area contributed by atoms with Gasteiger partial charge in [0.1, 0.15) is 0 Å². The van der Waals surface area contributed by atoms with E-state index in [9.17, 15) is 26.3 Å². The Bertz CT molecular complexity index is 523. The molecule has 0 aromatic rings. The van der Waals surface area contributed by atoms with Gasteiger partial charge in [-0.2, -0.15) is 26.3 Å². The third-order valence-corrected chi connectivity index (χ3v) is 6.29. The Kier molecular flexibility index (Phi) is 5.97. The maximum atomic E-state index is 13.0. The predicted octanol–water partition coefficient (Wildman–Crippen LogP) is 7.14. The summed E-state index contributed by atoms with van der Waals surface area (Å²) in [4.78, 5) is 0.222. The molecule has 0 spiro atoms. The highest BCUT2D eigenvalue weighted by Crippen LogP contribution is 2.48. The number of halogens is 6. The number of rotatable bonds is 2. The molecule has 0 aliphatic heterocycles. The molecule has 0 aromatic carbocycles. The smallest absolute Gasteiger partial charge is 0.171 e. The molecule has 4 atom stereocenters. The van der Waals surface area contributed by atoms with Gasteiger partial charge in [0, 0.05) is 5.25 Å². The van der Waals surface area contributed by atoms with E-state index in [-0.39, 0.29) is 22.0 Å². The zero-order chi connectivity index (χ0) is 19.0. The molecule has 144 valence electrons. The second-order valence-electron chi connectivity index (χ2n) is 8.05. The van der Waals surface area contributed by atoms with Gasteiger partial charge in [0.15, 0.2) is 0 Å². The number of hydrogen-bond donors (Lipinski definition) is 0. The van der Waals surface area contributed by atoms with E-state index in [2.05, 4.69) is 26.8 Å². The minimum Gasteiger partial charge on any atom is -0.171 e. The predicted molar refractivity (Wildman–Crippen MR) is 89.1 cm³/mol. The Balaban J connectivity index is 2.10. The van der Waals surface area contributed by atoms with E-state index in [0.717, 1.165) is 18.9 Å². The zero-order valence-corrected chi connectivity index (χ0v) is 15.4. The molecule has 2 rings (SSSR count). The molecule has 0 radical (unpaired) electrons. The Hall–Kier alpha value is -0.590. The van der Waals surface area contributed by atoms with Crippen molar-refractivity contribution < 1.29 is 26.3 Å². The fourth-order valence-corrected chi connectivity index (χ4v) is 4.72. The van der Waals surface area contributed by atoms with Crippen molar-refractivity contribution in [1.82, 2.24) is 0 Å². The van der Waals surface area contributed by atoms with Gasteiger partial charge in [-0.1, -0.05) is 39.0 Å². The molecule has 0 saturated heterocycles. The molecular weight excluding hydrogens is 362 g/mol. The monoisotopic (exact) mass is 386 g/mol. The van der Waals surface area contributed by atoms with E-state index in [1.54, 1.807) is 0 Å². The van der Waals surface area contributed by atoms with Crippen molar-refractivity contribution in [2.75, 3.05) is 0 Å². The molecule has 0 heterocycles. The standard InChI is InChI=1S/C18H24F6S/c1-16(2,3)11-4-6-14(7-5-11)25-15-9-12(17(19,20)21)8-13(10-15)18(22,23)24/h4,6,9,11-14H,5,7-8,10H2,1-3H3/t11-,12?,13+,14?/m1/s1. The van der Waals surface area contributed by atoms with Crippen LogP contribution in [0.1, 0.15) is 46.5 Å². The second-order valence-corrected chi connectivity index (χ2v) is 9.42. The minimum atomic E-state index is -4.63. The highest BCUT2D eigenvalue weighted by molar-refractivity contribution is 8.03. The van der Waals surface area contributed by atoms with Gasteiger partial charge in [-0.15, -0.1) is 11.8 Å². The highest BCUT2D eigenvalue weighted by atomic mass is 32.2. The van der Waals surface area contributed by atoms with Crippen LogP contribution in [-0.2, 0) is 0 Å². The molecule has 2 aliphatic rings. The molecule has 0 aromatic heterocycles. The Morgan fingerprint density at radius 1 is 0.880 bits per heavy atom. The highest BCUT2D eigenvalue weighted by Gasteiger charge is 2.49. The lowest BCUT2D eigenvalue weighted by atomic mass is 9.76. The molecule has 25 heavy (non-hydrogen) atoms. The van der Waals surface area contributed by atoms with Crippen molar-refractivity contribution in [2.45, 2.75) is 64.1 Å². The van der Waals surface area contributed by atoms with Crippen LogP contribution in [0.5, 0.6) is 0 Å². The molecule has 0 amide bonds. The fraction of sp³-hybridized carbons (Fsp3) is 0.778. The van der Waals surface area contributed by atoms with E-state index >= 15 is 0 Å². The maximum Gasteiger partial charge on any atom is 0.395 e. The molecule has 2 unspecified atom stereocenters. The van der Waals surface area contributed by atoms with Gasteiger partial charge >= 0.3 is 12.4 Å². The van der Waals surface area contributed by atoms with Gasteiger partial charge in [-0.05, 0) is 41.9 Å². The van der Waals surface area contributed by atoms with Crippen LogP contribution >= 0.6 is 11.8 Å². The lowest BCUT2D eigenvalue weighted by Gasteiger charge is -2.34. The molecular formula is C18H24F6S. The van der Waals surface area contributed by atoms with E-state index in [4.69, 9.17) is 0 Å². The summed E-state index contributed by atoms with van der Waals surface area (Å²) in [6.45, 7) is 6.38. The van der Waals surface area contributed by atoms with Crippen molar-refractivity contribution in [1.29, 1.82) is 0 Å². The first-order chi connectivity index (χ1) is 11.3. The van der Waals surface area contributed by atoms with Crippen LogP contribution in [0.25, 0.3) is 0 Å². The van der Waals surface area contributed by atoms with Crippen LogP contribution in [-0.4, -0.2) is 17.6 Å². The fourth-order valence-electron chi connectivity index (χ4n) is 3.37. The first-order valence-electron chi connectivity index (χ1n) is 8.46. The van der Waals surface area contributed by atoms with Crippen LogP contribution in [0.2, 0.25) is 0 Å². The first kappa shape index (κ1) is 20.7. The van der Waals surface area contributed by atoms with Crippen LogP contribution in [0, 0.1) is 23.2 Å². The molecule has 0 bridgehead atoms. The van der Waals surface area contributed by atoms with Gasteiger partial charge in [0.05, 0.1) is 11.8 Å². The zero-order valence-electron chi connectivity index (χ0n) is 14.5. The molecule has 7 heteroatoms. The van der Waals surface area contributed by atoms with Gasteiger partial charge in [0.2, 0.25) is 0 Å². The van der Waals surface area contributed by atoms with E-state index < -0.39 is 30.6 Å².